The van der Waals surface area contributed by atoms with Gasteiger partial charge in [0.2, 0.25) is 0 Å². The Morgan fingerprint density at radius 2 is 2.26 bits per heavy atom. The number of piperidine rings is 1. The summed E-state index contributed by atoms with van der Waals surface area (Å²) in [7, 11) is 1.84. The van der Waals surface area contributed by atoms with Gasteiger partial charge in [-0.1, -0.05) is 6.92 Å². The first-order chi connectivity index (χ1) is 9.17. The van der Waals surface area contributed by atoms with Gasteiger partial charge in [-0.2, -0.15) is 0 Å². The molecule has 0 saturated carbocycles. The van der Waals surface area contributed by atoms with Crippen molar-refractivity contribution in [3.8, 4) is 0 Å². The van der Waals surface area contributed by atoms with Crippen LogP contribution in [0.1, 0.15) is 33.1 Å². The van der Waals surface area contributed by atoms with Crippen LogP contribution < -0.4 is 5.32 Å². The molecule has 2 aliphatic heterocycles. The summed E-state index contributed by atoms with van der Waals surface area (Å²) in [5, 5.41) is 3.62. The highest BCUT2D eigenvalue weighted by atomic mass is 16.5. The Morgan fingerprint density at radius 1 is 1.42 bits per heavy atom. The smallest absolute Gasteiger partial charge is 0.0777 e. The lowest BCUT2D eigenvalue weighted by atomic mass is 9.93. The Kier molecular flexibility index (Phi) is 5.63. The van der Waals surface area contributed by atoms with Crippen LogP contribution >= 0.6 is 0 Å². The molecule has 0 amide bonds. The molecule has 2 aliphatic rings. The fourth-order valence-electron chi connectivity index (χ4n) is 3.30. The van der Waals surface area contributed by atoms with Crippen molar-refractivity contribution < 1.29 is 9.47 Å². The van der Waals surface area contributed by atoms with Crippen molar-refractivity contribution in [1.82, 2.24) is 10.2 Å². The number of methoxy groups -OCH3 is 1. The largest absolute Gasteiger partial charge is 0.379 e. The SMILES string of the molecule is CCCNC1COCC1CN1CCCC(C)(OC)C1. The molecule has 2 heterocycles. The number of hydrogen-bond acceptors (Lipinski definition) is 4. The maximum Gasteiger partial charge on any atom is 0.0777 e. The van der Waals surface area contributed by atoms with E-state index in [1.807, 2.05) is 7.11 Å². The van der Waals surface area contributed by atoms with Crippen LogP contribution in [-0.4, -0.2) is 63.0 Å². The summed E-state index contributed by atoms with van der Waals surface area (Å²) in [5.41, 5.74) is 0.0457. The number of nitrogens with zero attached hydrogens (tertiary/aromatic N) is 1. The topological polar surface area (TPSA) is 33.7 Å². The van der Waals surface area contributed by atoms with E-state index >= 15 is 0 Å². The maximum absolute atomic E-state index is 5.68. The molecular formula is C15H30N2O2. The van der Waals surface area contributed by atoms with Gasteiger partial charge >= 0.3 is 0 Å². The molecular weight excluding hydrogens is 240 g/mol. The fraction of sp³-hybridized carbons (Fsp3) is 1.00. The molecule has 2 saturated heterocycles. The van der Waals surface area contributed by atoms with Crippen LogP contribution in [0.25, 0.3) is 0 Å². The minimum Gasteiger partial charge on any atom is -0.379 e. The highest BCUT2D eigenvalue weighted by molar-refractivity contribution is 4.89. The summed E-state index contributed by atoms with van der Waals surface area (Å²) >= 11 is 0. The van der Waals surface area contributed by atoms with Gasteiger partial charge in [-0.05, 0) is 39.3 Å². The second-order valence-corrected chi connectivity index (χ2v) is 6.35. The first kappa shape index (κ1) is 15.2. The van der Waals surface area contributed by atoms with E-state index in [-0.39, 0.29) is 5.60 Å². The molecule has 0 aromatic carbocycles. The van der Waals surface area contributed by atoms with Crippen LogP contribution in [0.15, 0.2) is 0 Å². The molecule has 0 aromatic rings. The first-order valence-corrected chi connectivity index (χ1v) is 7.75. The standard InChI is InChI=1S/C15H30N2O2/c1-4-7-16-14-11-19-10-13(14)9-17-8-5-6-15(2,12-17)18-3/h13-14,16H,4-12H2,1-3H3. The van der Waals surface area contributed by atoms with Crippen molar-refractivity contribution in [3.63, 3.8) is 0 Å². The normalized spacial score (nSPS) is 36.8. The third-order valence-electron chi connectivity index (χ3n) is 4.58. The zero-order valence-electron chi connectivity index (χ0n) is 12.8. The van der Waals surface area contributed by atoms with Crippen molar-refractivity contribution in [2.24, 2.45) is 5.92 Å². The van der Waals surface area contributed by atoms with Gasteiger partial charge in [0.15, 0.2) is 0 Å². The second kappa shape index (κ2) is 7.02. The van der Waals surface area contributed by atoms with E-state index in [2.05, 4.69) is 24.1 Å². The predicted octanol–water partition coefficient (Wildman–Crippen LogP) is 1.50. The van der Waals surface area contributed by atoms with Crippen molar-refractivity contribution in [2.75, 3.05) is 46.5 Å². The van der Waals surface area contributed by atoms with Gasteiger partial charge in [-0.25, -0.2) is 0 Å². The molecule has 19 heavy (non-hydrogen) atoms. The quantitative estimate of drug-likeness (QED) is 0.793. The molecule has 4 nitrogen and oxygen atoms in total. The highest BCUT2D eigenvalue weighted by Gasteiger charge is 2.34. The Morgan fingerprint density at radius 3 is 3.00 bits per heavy atom. The molecule has 0 aliphatic carbocycles. The van der Waals surface area contributed by atoms with Crippen molar-refractivity contribution in [3.05, 3.63) is 0 Å². The first-order valence-electron chi connectivity index (χ1n) is 7.75. The molecule has 4 heteroatoms. The monoisotopic (exact) mass is 270 g/mol. The van der Waals surface area contributed by atoms with Gasteiger partial charge in [0.1, 0.15) is 0 Å². The van der Waals surface area contributed by atoms with Crippen LogP contribution in [0.5, 0.6) is 0 Å². The Labute approximate surface area is 117 Å². The number of ether oxygens (including phenoxy) is 2. The van der Waals surface area contributed by atoms with Crippen LogP contribution in [0.3, 0.4) is 0 Å². The van der Waals surface area contributed by atoms with E-state index in [0.29, 0.717) is 12.0 Å². The summed E-state index contributed by atoms with van der Waals surface area (Å²) in [6, 6.07) is 0.538. The minimum absolute atomic E-state index is 0.0457. The summed E-state index contributed by atoms with van der Waals surface area (Å²) in [6.45, 7) is 10.7. The summed E-state index contributed by atoms with van der Waals surface area (Å²) in [4.78, 5) is 2.56. The highest BCUT2D eigenvalue weighted by Crippen LogP contribution is 2.25. The molecule has 2 fully saturated rings. The van der Waals surface area contributed by atoms with Crippen molar-refractivity contribution in [1.29, 1.82) is 0 Å². The molecule has 0 bridgehead atoms. The molecule has 0 radical (unpaired) electrons. The van der Waals surface area contributed by atoms with Gasteiger partial charge in [-0.15, -0.1) is 0 Å². The fourth-order valence-corrected chi connectivity index (χ4v) is 3.30. The lowest BCUT2D eigenvalue weighted by molar-refractivity contribution is -0.0542. The van der Waals surface area contributed by atoms with Gasteiger partial charge < -0.3 is 19.7 Å². The number of nitrogens with one attached hydrogen (secondary N) is 1. The molecule has 0 spiro atoms. The van der Waals surface area contributed by atoms with Crippen LogP contribution in [0, 0.1) is 5.92 Å². The van der Waals surface area contributed by atoms with E-state index in [4.69, 9.17) is 9.47 Å². The number of hydrogen-bond donors (Lipinski definition) is 1. The lowest BCUT2D eigenvalue weighted by Gasteiger charge is -2.40. The van der Waals surface area contributed by atoms with Gasteiger partial charge in [0, 0.05) is 32.2 Å². The third-order valence-corrected chi connectivity index (χ3v) is 4.58. The molecule has 2 rings (SSSR count). The van der Waals surface area contributed by atoms with Crippen LogP contribution in [0.2, 0.25) is 0 Å². The predicted molar refractivity (Wildman–Crippen MR) is 77.5 cm³/mol. The Hall–Kier alpha value is -0.160. The summed E-state index contributed by atoms with van der Waals surface area (Å²) in [6.07, 6.45) is 3.61. The zero-order valence-corrected chi connectivity index (χ0v) is 12.8. The minimum atomic E-state index is 0.0457. The lowest BCUT2D eigenvalue weighted by Crippen LogP contribution is -2.50. The van der Waals surface area contributed by atoms with E-state index in [9.17, 15) is 0 Å². The van der Waals surface area contributed by atoms with E-state index < -0.39 is 0 Å². The molecule has 3 atom stereocenters. The van der Waals surface area contributed by atoms with E-state index in [0.717, 1.165) is 32.8 Å². The molecule has 1 N–H and O–H groups in total. The molecule has 3 unspecified atom stereocenters. The van der Waals surface area contributed by atoms with Crippen molar-refractivity contribution in [2.45, 2.75) is 44.8 Å². The maximum atomic E-state index is 5.68. The Bertz CT molecular complexity index is 275. The summed E-state index contributed by atoms with van der Waals surface area (Å²) < 4.78 is 11.3. The molecule has 0 aromatic heterocycles. The van der Waals surface area contributed by atoms with Crippen LogP contribution in [-0.2, 0) is 9.47 Å². The molecule has 112 valence electrons. The van der Waals surface area contributed by atoms with Crippen LogP contribution in [0.4, 0.5) is 0 Å². The number of likely N-dealkylation sites (tertiary alicyclic amines) is 1. The zero-order chi connectivity index (χ0) is 13.7. The second-order valence-electron chi connectivity index (χ2n) is 6.35. The average Bonchev–Trinajstić information content (AvgIpc) is 2.84. The third kappa shape index (κ3) is 4.15. The Balaban J connectivity index is 1.82. The van der Waals surface area contributed by atoms with Gasteiger partial charge in [-0.3, -0.25) is 0 Å². The van der Waals surface area contributed by atoms with E-state index in [1.165, 1.54) is 25.8 Å². The number of rotatable bonds is 6. The average molecular weight is 270 g/mol. The van der Waals surface area contributed by atoms with Gasteiger partial charge in [0.05, 0.1) is 18.8 Å². The van der Waals surface area contributed by atoms with Gasteiger partial charge in [0.25, 0.3) is 0 Å². The summed E-state index contributed by atoms with van der Waals surface area (Å²) in [5.74, 6) is 0.630. The van der Waals surface area contributed by atoms with E-state index in [1.54, 1.807) is 0 Å². The van der Waals surface area contributed by atoms with Crippen molar-refractivity contribution >= 4 is 0 Å².